The largest absolute Gasteiger partial charge is 0.449 e. The van der Waals surface area contributed by atoms with Gasteiger partial charge in [-0.1, -0.05) is 46.4 Å². The van der Waals surface area contributed by atoms with Gasteiger partial charge >= 0.3 is 6.09 Å². The van der Waals surface area contributed by atoms with Crippen molar-refractivity contribution in [3.05, 3.63) is 24.9 Å². The average Bonchev–Trinajstić information content (AvgIpc) is 2.64. The van der Waals surface area contributed by atoms with Crippen molar-refractivity contribution in [2.24, 2.45) is 23.5 Å². The smallest absolute Gasteiger partial charge is 0.410 e. The molecule has 0 heterocycles. The molecule has 0 aromatic carbocycles. The Morgan fingerprint density at radius 1 is 1.28 bits per heavy atom. The van der Waals surface area contributed by atoms with Crippen LogP contribution in [-0.2, 0) is 9.53 Å². The molecule has 0 bridgehead atoms. The number of likely N-dealkylation sites (N-methyl/N-ethyl adjacent to an activating group) is 1. The molecule has 1 aliphatic carbocycles. The molecule has 29 heavy (non-hydrogen) atoms. The fourth-order valence-electron chi connectivity index (χ4n) is 3.52. The van der Waals surface area contributed by atoms with Crippen LogP contribution in [-0.4, -0.2) is 60.0 Å². The Morgan fingerprint density at radius 3 is 2.38 bits per heavy atom. The van der Waals surface area contributed by atoms with Gasteiger partial charge in [0.05, 0.1) is 12.6 Å². The van der Waals surface area contributed by atoms with E-state index in [1.807, 2.05) is 33.8 Å². The second kappa shape index (κ2) is 11.8. The van der Waals surface area contributed by atoms with E-state index in [-0.39, 0.29) is 36.3 Å². The Morgan fingerprint density at radius 2 is 1.93 bits per heavy atom. The second-order valence-electron chi connectivity index (χ2n) is 8.35. The van der Waals surface area contributed by atoms with Gasteiger partial charge in [0.1, 0.15) is 12.3 Å². The van der Waals surface area contributed by atoms with E-state index in [1.54, 1.807) is 13.2 Å². The summed E-state index contributed by atoms with van der Waals surface area (Å²) in [4.78, 5) is 26.7. The number of amides is 2. The Bertz CT molecular complexity index is 569. The summed E-state index contributed by atoms with van der Waals surface area (Å²) in [6.45, 7) is 11.4. The predicted octanol–water partition coefficient (Wildman–Crippen LogP) is 1.57. The second-order valence-corrected chi connectivity index (χ2v) is 8.35. The molecule has 166 valence electrons. The van der Waals surface area contributed by atoms with Gasteiger partial charge in [0.25, 0.3) is 0 Å². The van der Waals surface area contributed by atoms with Crippen molar-refractivity contribution in [1.29, 1.82) is 0 Å². The summed E-state index contributed by atoms with van der Waals surface area (Å²) in [5.74, 6) is -0.407. The van der Waals surface area contributed by atoms with Gasteiger partial charge in [0.15, 0.2) is 0 Å². The molecule has 0 spiro atoms. The molecule has 4 unspecified atom stereocenters. The summed E-state index contributed by atoms with van der Waals surface area (Å²) in [5.41, 5.74) is 5.58. The summed E-state index contributed by atoms with van der Waals surface area (Å²) >= 11 is 0. The highest BCUT2D eigenvalue weighted by atomic mass is 16.6. The van der Waals surface area contributed by atoms with Crippen molar-refractivity contribution >= 4 is 12.0 Å². The van der Waals surface area contributed by atoms with E-state index < -0.39 is 24.4 Å². The number of nitrogens with zero attached hydrogens (tertiary/aromatic N) is 1. The van der Waals surface area contributed by atoms with Gasteiger partial charge in [-0.2, -0.15) is 0 Å². The van der Waals surface area contributed by atoms with E-state index >= 15 is 0 Å². The van der Waals surface area contributed by atoms with Gasteiger partial charge < -0.3 is 26.2 Å². The third-order valence-corrected chi connectivity index (χ3v) is 5.22. The van der Waals surface area contributed by atoms with Crippen molar-refractivity contribution in [3.8, 4) is 0 Å². The highest BCUT2D eigenvalue weighted by Crippen LogP contribution is 2.19. The lowest BCUT2D eigenvalue weighted by molar-refractivity contribution is -0.129. The predicted molar refractivity (Wildman–Crippen MR) is 114 cm³/mol. The SMILES string of the molecule is C=CNC1C=CC(COC(=O)N(C)C(C(=O)N[C@@H](C(C)C)C(N)O)C(C)C)CC1. The molecule has 0 saturated heterocycles. The number of rotatable bonds is 10. The maximum absolute atomic E-state index is 12.8. The minimum absolute atomic E-state index is 0.0542. The lowest BCUT2D eigenvalue weighted by atomic mass is 9.93. The van der Waals surface area contributed by atoms with Crippen molar-refractivity contribution in [3.63, 3.8) is 0 Å². The average molecular weight is 411 g/mol. The van der Waals surface area contributed by atoms with Crippen LogP contribution in [0.2, 0.25) is 0 Å². The van der Waals surface area contributed by atoms with E-state index in [0.717, 1.165) is 12.8 Å². The summed E-state index contributed by atoms with van der Waals surface area (Å²) in [6, 6.07) is -1.06. The van der Waals surface area contributed by atoms with Gasteiger partial charge in [-0.05, 0) is 30.9 Å². The van der Waals surface area contributed by atoms with Crippen molar-refractivity contribution < 1.29 is 19.4 Å². The highest BCUT2D eigenvalue weighted by Gasteiger charge is 2.33. The summed E-state index contributed by atoms with van der Waals surface area (Å²) in [7, 11) is 1.55. The molecule has 1 aliphatic rings. The Kier molecular flexibility index (Phi) is 10.2. The number of carbonyl (C=O) groups is 2. The van der Waals surface area contributed by atoms with Crippen LogP contribution < -0.4 is 16.4 Å². The molecule has 5 N–H and O–H groups in total. The van der Waals surface area contributed by atoms with Crippen LogP contribution in [0.25, 0.3) is 0 Å². The van der Waals surface area contributed by atoms with E-state index in [0.29, 0.717) is 0 Å². The fourth-order valence-corrected chi connectivity index (χ4v) is 3.52. The number of hydrogen-bond donors (Lipinski definition) is 4. The van der Waals surface area contributed by atoms with E-state index in [4.69, 9.17) is 10.5 Å². The van der Waals surface area contributed by atoms with Crippen LogP contribution >= 0.6 is 0 Å². The standard InChI is InChI=1S/C21H38N4O4/c1-7-23-16-10-8-15(9-11-16)12-29-21(28)25(6)18(14(4)5)20(27)24-17(13(2)3)19(22)26/h7-8,10,13-19,23,26H,1,9,11-12,22H2,2-6H3,(H,24,27)/t15?,16?,17-,18?,19?/m0/s1. The molecule has 0 radical (unpaired) electrons. The van der Waals surface area contributed by atoms with E-state index in [1.165, 1.54) is 4.90 Å². The maximum atomic E-state index is 12.8. The van der Waals surface area contributed by atoms with Crippen LogP contribution in [0.5, 0.6) is 0 Å². The molecular formula is C21H38N4O4. The lowest BCUT2D eigenvalue weighted by Crippen LogP contribution is -2.57. The molecule has 8 nitrogen and oxygen atoms in total. The van der Waals surface area contributed by atoms with E-state index in [9.17, 15) is 14.7 Å². The van der Waals surface area contributed by atoms with Gasteiger partial charge in [-0.15, -0.1) is 0 Å². The molecule has 5 atom stereocenters. The first-order valence-corrected chi connectivity index (χ1v) is 10.3. The third-order valence-electron chi connectivity index (χ3n) is 5.22. The zero-order valence-corrected chi connectivity index (χ0v) is 18.3. The van der Waals surface area contributed by atoms with Crippen molar-refractivity contribution in [2.75, 3.05) is 13.7 Å². The van der Waals surface area contributed by atoms with Gasteiger partial charge in [0.2, 0.25) is 5.91 Å². The van der Waals surface area contributed by atoms with Gasteiger partial charge in [0, 0.05) is 19.0 Å². The maximum Gasteiger partial charge on any atom is 0.410 e. The number of aliphatic hydroxyl groups excluding tert-OH is 1. The van der Waals surface area contributed by atoms with Crippen LogP contribution in [0, 0.1) is 17.8 Å². The molecule has 0 aliphatic heterocycles. The first kappa shape index (κ1) is 25.0. The Hall–Kier alpha value is -2.06. The summed E-state index contributed by atoms with van der Waals surface area (Å²) < 4.78 is 5.46. The molecule has 0 aromatic rings. The lowest BCUT2D eigenvalue weighted by Gasteiger charge is -2.33. The number of nitrogens with one attached hydrogen (secondary N) is 2. The number of aliphatic hydroxyl groups is 1. The Balaban J connectivity index is 2.67. The van der Waals surface area contributed by atoms with Crippen LogP contribution in [0.3, 0.4) is 0 Å². The zero-order chi connectivity index (χ0) is 22.1. The van der Waals surface area contributed by atoms with Crippen LogP contribution in [0.15, 0.2) is 24.9 Å². The quantitative estimate of drug-likeness (QED) is 0.321. The minimum atomic E-state index is -1.18. The van der Waals surface area contributed by atoms with Crippen molar-refractivity contribution in [1.82, 2.24) is 15.5 Å². The molecule has 0 saturated carbocycles. The topological polar surface area (TPSA) is 117 Å². The number of nitrogens with two attached hydrogens (primary N) is 1. The van der Waals surface area contributed by atoms with Crippen molar-refractivity contribution in [2.45, 2.75) is 64.9 Å². The fraction of sp³-hybridized carbons (Fsp3) is 0.714. The molecule has 0 fully saturated rings. The monoisotopic (exact) mass is 410 g/mol. The van der Waals surface area contributed by atoms with Crippen LogP contribution in [0.4, 0.5) is 4.79 Å². The summed E-state index contributed by atoms with van der Waals surface area (Å²) in [6.07, 6.45) is 5.89. The molecule has 1 rings (SSSR count). The van der Waals surface area contributed by atoms with Crippen LogP contribution in [0.1, 0.15) is 40.5 Å². The summed E-state index contributed by atoms with van der Waals surface area (Å²) in [5, 5.41) is 15.6. The zero-order valence-electron chi connectivity index (χ0n) is 18.3. The number of carbonyl (C=O) groups excluding carboxylic acids is 2. The molecular weight excluding hydrogens is 372 g/mol. The molecule has 0 aromatic heterocycles. The highest BCUT2D eigenvalue weighted by molar-refractivity contribution is 5.86. The van der Waals surface area contributed by atoms with Gasteiger partial charge in [-0.25, -0.2) is 4.79 Å². The first-order chi connectivity index (χ1) is 13.6. The molecule has 8 heteroatoms. The first-order valence-electron chi connectivity index (χ1n) is 10.3. The molecule has 2 amide bonds. The third kappa shape index (κ3) is 7.70. The number of ether oxygens (including phenoxy) is 1. The van der Waals surface area contributed by atoms with Gasteiger partial charge in [-0.3, -0.25) is 9.69 Å². The number of hydrogen-bond acceptors (Lipinski definition) is 6. The van der Waals surface area contributed by atoms with E-state index in [2.05, 4.69) is 23.3 Å². The normalized spacial score (nSPS) is 22.0. The Labute approximate surface area is 174 Å². The minimum Gasteiger partial charge on any atom is -0.449 e.